The predicted octanol–water partition coefficient (Wildman–Crippen LogP) is 2.25. The standard InChI is InChI=1S/C26H35N5O2S/c1-28-21(9-10-24(32)30-15-13-29(14-16-30)20-6-3-2-4-7-20)18-27-26(33)25-23(28)11-12-31(25)19-22-8-5-17-34-22/h2-8,17,21,23,25H,9-16,18-19H2,1H3,(H,27,33)/t21-,23+,25-/m0/s1. The van der Waals surface area contributed by atoms with Gasteiger partial charge in [0.15, 0.2) is 0 Å². The number of amides is 2. The third-order valence-corrected chi connectivity index (χ3v) is 8.59. The summed E-state index contributed by atoms with van der Waals surface area (Å²) in [7, 11) is 2.14. The van der Waals surface area contributed by atoms with Gasteiger partial charge in [0.2, 0.25) is 11.8 Å². The Hall–Kier alpha value is -2.42. The second-order valence-electron chi connectivity index (χ2n) is 9.66. The van der Waals surface area contributed by atoms with Gasteiger partial charge in [-0.1, -0.05) is 24.3 Å². The van der Waals surface area contributed by atoms with E-state index in [0.29, 0.717) is 13.0 Å². The number of piperazine rings is 1. The average molecular weight is 482 g/mol. The first kappa shape index (κ1) is 23.3. The minimum Gasteiger partial charge on any atom is -0.368 e. The van der Waals surface area contributed by atoms with E-state index in [-0.39, 0.29) is 29.9 Å². The van der Waals surface area contributed by atoms with Gasteiger partial charge in [0.1, 0.15) is 6.04 Å². The van der Waals surface area contributed by atoms with Crippen molar-refractivity contribution in [3.8, 4) is 0 Å². The second-order valence-corrected chi connectivity index (χ2v) is 10.7. The Labute approximate surface area is 206 Å². The van der Waals surface area contributed by atoms with Crippen LogP contribution in [-0.2, 0) is 16.1 Å². The number of carbonyl (C=O) groups is 2. The zero-order chi connectivity index (χ0) is 23.5. The summed E-state index contributed by atoms with van der Waals surface area (Å²) in [6.45, 7) is 5.67. The molecule has 3 aliphatic heterocycles. The Morgan fingerprint density at radius 2 is 1.85 bits per heavy atom. The van der Waals surface area contributed by atoms with E-state index in [1.54, 1.807) is 11.3 Å². The van der Waals surface area contributed by atoms with Crippen molar-refractivity contribution in [3.05, 3.63) is 52.7 Å². The number of para-hydroxylation sites is 1. The van der Waals surface area contributed by atoms with Crippen LogP contribution in [0, 0.1) is 0 Å². The maximum absolute atomic E-state index is 13.0. The number of fused-ring (bicyclic) bond motifs is 1. The smallest absolute Gasteiger partial charge is 0.239 e. The normalized spacial score (nSPS) is 26.3. The van der Waals surface area contributed by atoms with Crippen molar-refractivity contribution in [2.45, 2.75) is 43.9 Å². The third kappa shape index (κ3) is 4.99. The van der Waals surface area contributed by atoms with Gasteiger partial charge in [-0.25, -0.2) is 0 Å². The number of rotatable bonds is 6. The van der Waals surface area contributed by atoms with Crippen LogP contribution in [0.15, 0.2) is 47.8 Å². The highest BCUT2D eigenvalue weighted by molar-refractivity contribution is 7.09. The molecule has 0 radical (unpaired) electrons. The lowest BCUT2D eigenvalue weighted by Gasteiger charge is -2.37. The molecule has 3 atom stereocenters. The Morgan fingerprint density at radius 3 is 2.59 bits per heavy atom. The molecule has 1 aromatic heterocycles. The number of likely N-dealkylation sites (tertiary alicyclic amines) is 1. The highest BCUT2D eigenvalue weighted by Gasteiger charge is 2.45. The van der Waals surface area contributed by atoms with E-state index < -0.39 is 0 Å². The first-order valence-electron chi connectivity index (χ1n) is 12.4. The van der Waals surface area contributed by atoms with Gasteiger partial charge < -0.3 is 15.1 Å². The maximum atomic E-state index is 13.0. The summed E-state index contributed by atoms with van der Waals surface area (Å²) in [6.07, 6.45) is 2.31. The number of likely N-dealkylation sites (N-methyl/N-ethyl adjacent to an activating group) is 1. The minimum absolute atomic E-state index is 0.112. The molecule has 0 bridgehead atoms. The number of anilines is 1. The molecule has 1 aromatic carbocycles. The molecule has 2 amide bonds. The highest BCUT2D eigenvalue weighted by atomic mass is 32.1. The van der Waals surface area contributed by atoms with Crippen molar-refractivity contribution in [3.63, 3.8) is 0 Å². The zero-order valence-corrected chi connectivity index (χ0v) is 20.8. The van der Waals surface area contributed by atoms with Crippen LogP contribution in [0.1, 0.15) is 24.1 Å². The molecule has 0 spiro atoms. The average Bonchev–Trinajstić information content (AvgIpc) is 3.52. The fraction of sp³-hybridized carbons (Fsp3) is 0.538. The molecule has 7 nitrogen and oxygen atoms in total. The summed E-state index contributed by atoms with van der Waals surface area (Å²) in [5.74, 6) is 0.371. The summed E-state index contributed by atoms with van der Waals surface area (Å²) >= 11 is 1.75. The molecule has 2 aromatic rings. The van der Waals surface area contributed by atoms with E-state index in [0.717, 1.165) is 52.1 Å². The quantitative estimate of drug-likeness (QED) is 0.686. The van der Waals surface area contributed by atoms with E-state index >= 15 is 0 Å². The van der Waals surface area contributed by atoms with Gasteiger partial charge in [-0.05, 0) is 43.5 Å². The van der Waals surface area contributed by atoms with Gasteiger partial charge in [0.05, 0.1) is 0 Å². The van der Waals surface area contributed by atoms with Gasteiger partial charge in [-0.3, -0.25) is 19.4 Å². The van der Waals surface area contributed by atoms with E-state index in [9.17, 15) is 9.59 Å². The summed E-state index contributed by atoms with van der Waals surface area (Å²) in [4.78, 5) is 36.3. The number of benzene rings is 1. The topological polar surface area (TPSA) is 59.1 Å². The Balaban J connectivity index is 1.13. The van der Waals surface area contributed by atoms with Crippen molar-refractivity contribution in [1.29, 1.82) is 0 Å². The van der Waals surface area contributed by atoms with Crippen LogP contribution in [0.5, 0.6) is 0 Å². The molecule has 0 saturated carbocycles. The summed E-state index contributed by atoms with van der Waals surface area (Å²) in [5.41, 5.74) is 1.23. The van der Waals surface area contributed by atoms with E-state index in [1.165, 1.54) is 10.6 Å². The van der Waals surface area contributed by atoms with Gasteiger partial charge >= 0.3 is 0 Å². The van der Waals surface area contributed by atoms with Gasteiger partial charge in [0.25, 0.3) is 0 Å². The van der Waals surface area contributed by atoms with Crippen molar-refractivity contribution < 1.29 is 9.59 Å². The lowest BCUT2D eigenvalue weighted by molar-refractivity contribution is -0.132. The Bertz CT molecular complexity index is 961. The van der Waals surface area contributed by atoms with E-state index in [2.05, 4.69) is 68.8 Å². The molecule has 4 heterocycles. The van der Waals surface area contributed by atoms with Crippen molar-refractivity contribution in [2.75, 3.05) is 51.2 Å². The minimum atomic E-state index is -0.112. The second kappa shape index (κ2) is 10.5. The van der Waals surface area contributed by atoms with Gasteiger partial charge in [0, 0.05) is 74.9 Å². The largest absolute Gasteiger partial charge is 0.368 e. The van der Waals surface area contributed by atoms with E-state index in [4.69, 9.17) is 0 Å². The fourth-order valence-corrected chi connectivity index (χ4v) is 6.46. The van der Waals surface area contributed by atoms with Crippen LogP contribution in [0.2, 0.25) is 0 Å². The fourth-order valence-electron chi connectivity index (χ4n) is 5.73. The monoisotopic (exact) mass is 481 g/mol. The van der Waals surface area contributed by atoms with Crippen molar-refractivity contribution in [2.24, 2.45) is 0 Å². The lowest BCUT2D eigenvalue weighted by atomic mass is 10.0. The molecule has 3 saturated heterocycles. The molecule has 3 aliphatic rings. The number of hydrogen-bond donors (Lipinski definition) is 1. The van der Waals surface area contributed by atoms with Crippen LogP contribution in [0.25, 0.3) is 0 Å². The summed E-state index contributed by atoms with van der Waals surface area (Å²) in [5, 5.41) is 5.28. The van der Waals surface area contributed by atoms with Gasteiger partial charge in [-0.15, -0.1) is 11.3 Å². The molecular formula is C26H35N5O2S. The zero-order valence-electron chi connectivity index (χ0n) is 19.9. The van der Waals surface area contributed by atoms with Crippen molar-refractivity contribution in [1.82, 2.24) is 20.0 Å². The van der Waals surface area contributed by atoms with Crippen LogP contribution in [0.3, 0.4) is 0 Å². The SMILES string of the molecule is CN1[C@@H](CCC(=O)N2CCN(c3ccccc3)CC2)CNC(=O)[C@@H]2[C@H]1CCN2Cc1cccs1. The lowest BCUT2D eigenvalue weighted by Crippen LogP contribution is -2.50. The number of nitrogens with one attached hydrogen (secondary N) is 1. The molecular weight excluding hydrogens is 446 g/mol. The number of nitrogens with zero attached hydrogens (tertiary/aromatic N) is 4. The first-order chi connectivity index (χ1) is 16.6. The molecule has 5 rings (SSSR count). The first-order valence-corrected chi connectivity index (χ1v) is 13.3. The number of thiophene rings is 1. The molecule has 8 heteroatoms. The molecule has 1 N–H and O–H groups in total. The number of carbonyl (C=O) groups excluding carboxylic acids is 2. The molecule has 182 valence electrons. The molecule has 0 aliphatic carbocycles. The van der Waals surface area contributed by atoms with Crippen LogP contribution < -0.4 is 10.2 Å². The maximum Gasteiger partial charge on any atom is 0.239 e. The molecule has 34 heavy (non-hydrogen) atoms. The Kier molecular flexibility index (Phi) is 7.18. The van der Waals surface area contributed by atoms with Crippen LogP contribution in [0.4, 0.5) is 5.69 Å². The molecule has 3 fully saturated rings. The van der Waals surface area contributed by atoms with E-state index in [1.807, 2.05) is 11.0 Å². The Morgan fingerprint density at radius 1 is 1.06 bits per heavy atom. The summed E-state index contributed by atoms with van der Waals surface area (Å²) in [6, 6.07) is 14.9. The predicted molar refractivity (Wildman–Crippen MR) is 136 cm³/mol. The van der Waals surface area contributed by atoms with Crippen molar-refractivity contribution >= 4 is 28.8 Å². The third-order valence-electron chi connectivity index (χ3n) is 7.73. The molecule has 0 unspecified atom stereocenters. The van der Waals surface area contributed by atoms with Gasteiger partial charge in [-0.2, -0.15) is 0 Å². The number of hydrogen-bond acceptors (Lipinski definition) is 6. The highest BCUT2D eigenvalue weighted by Crippen LogP contribution is 2.29. The summed E-state index contributed by atoms with van der Waals surface area (Å²) < 4.78 is 0. The van der Waals surface area contributed by atoms with Crippen LogP contribution in [-0.4, -0.2) is 91.0 Å². The van der Waals surface area contributed by atoms with Crippen LogP contribution >= 0.6 is 11.3 Å².